The van der Waals surface area contributed by atoms with E-state index in [1.165, 1.54) is 0 Å². The Balaban J connectivity index is 2.53. The molecule has 0 saturated heterocycles. The van der Waals surface area contributed by atoms with Gasteiger partial charge in [0.15, 0.2) is 5.82 Å². The summed E-state index contributed by atoms with van der Waals surface area (Å²) in [5.41, 5.74) is 2.96. The molecule has 0 bridgehead atoms. The van der Waals surface area contributed by atoms with Crippen LogP contribution in [0.15, 0.2) is 30.6 Å². The standard InChI is InChI=1S/C12H12N4/c1-16(2)12-11-10(13-7-14-11)8-5-3-4-6-9(8)15-12/h3-7H,1-2H3,(H,13,14). The Hall–Kier alpha value is -2.10. The highest BCUT2D eigenvalue weighted by molar-refractivity contribution is 6.06. The third-order valence-corrected chi connectivity index (χ3v) is 2.67. The molecular weight excluding hydrogens is 200 g/mol. The molecule has 0 aliphatic heterocycles. The highest BCUT2D eigenvalue weighted by Gasteiger charge is 2.11. The fourth-order valence-corrected chi connectivity index (χ4v) is 1.93. The van der Waals surface area contributed by atoms with E-state index >= 15 is 0 Å². The highest BCUT2D eigenvalue weighted by atomic mass is 15.1. The van der Waals surface area contributed by atoms with E-state index < -0.39 is 0 Å². The Labute approximate surface area is 92.9 Å². The van der Waals surface area contributed by atoms with Crippen LogP contribution in [0, 0.1) is 0 Å². The van der Waals surface area contributed by atoms with Crippen molar-refractivity contribution in [1.82, 2.24) is 15.0 Å². The van der Waals surface area contributed by atoms with Crippen LogP contribution in [-0.4, -0.2) is 29.0 Å². The van der Waals surface area contributed by atoms with Gasteiger partial charge < -0.3 is 9.88 Å². The molecule has 16 heavy (non-hydrogen) atoms. The zero-order chi connectivity index (χ0) is 11.1. The van der Waals surface area contributed by atoms with Crippen LogP contribution in [0.5, 0.6) is 0 Å². The van der Waals surface area contributed by atoms with E-state index in [0.29, 0.717) is 0 Å². The van der Waals surface area contributed by atoms with Crippen LogP contribution in [0.25, 0.3) is 21.9 Å². The smallest absolute Gasteiger partial charge is 0.156 e. The number of imidazole rings is 1. The summed E-state index contributed by atoms with van der Waals surface area (Å²) < 4.78 is 0. The third kappa shape index (κ3) is 1.16. The molecule has 0 aliphatic carbocycles. The number of nitrogens with one attached hydrogen (secondary N) is 1. The molecule has 0 radical (unpaired) electrons. The monoisotopic (exact) mass is 212 g/mol. The highest BCUT2D eigenvalue weighted by Crippen LogP contribution is 2.27. The largest absolute Gasteiger partial charge is 0.361 e. The maximum Gasteiger partial charge on any atom is 0.156 e. The van der Waals surface area contributed by atoms with Gasteiger partial charge >= 0.3 is 0 Å². The molecule has 3 aromatic rings. The summed E-state index contributed by atoms with van der Waals surface area (Å²) in [5, 5.41) is 1.11. The van der Waals surface area contributed by atoms with Gasteiger partial charge in [-0.1, -0.05) is 18.2 Å². The van der Waals surface area contributed by atoms with Gasteiger partial charge in [0, 0.05) is 19.5 Å². The van der Waals surface area contributed by atoms with Crippen molar-refractivity contribution in [2.45, 2.75) is 0 Å². The van der Waals surface area contributed by atoms with E-state index in [4.69, 9.17) is 0 Å². The first kappa shape index (κ1) is 9.15. The number of hydrogen-bond acceptors (Lipinski definition) is 3. The molecule has 1 N–H and O–H groups in total. The van der Waals surface area contributed by atoms with E-state index in [1.807, 2.05) is 37.2 Å². The first-order valence-corrected chi connectivity index (χ1v) is 5.16. The van der Waals surface area contributed by atoms with Gasteiger partial charge in [-0.2, -0.15) is 0 Å². The number of H-pyrrole nitrogens is 1. The van der Waals surface area contributed by atoms with Crippen LogP contribution < -0.4 is 4.90 Å². The topological polar surface area (TPSA) is 44.8 Å². The summed E-state index contributed by atoms with van der Waals surface area (Å²) in [4.78, 5) is 14.1. The minimum absolute atomic E-state index is 0.898. The first-order valence-electron chi connectivity index (χ1n) is 5.16. The number of benzene rings is 1. The Morgan fingerprint density at radius 3 is 2.81 bits per heavy atom. The number of aromatic nitrogens is 3. The average Bonchev–Trinajstić information content (AvgIpc) is 2.76. The second kappa shape index (κ2) is 3.20. The van der Waals surface area contributed by atoms with Crippen molar-refractivity contribution in [3.63, 3.8) is 0 Å². The van der Waals surface area contributed by atoms with E-state index in [0.717, 1.165) is 27.8 Å². The lowest BCUT2D eigenvalue weighted by molar-refractivity contribution is 1.09. The number of nitrogens with zero attached hydrogens (tertiary/aromatic N) is 3. The van der Waals surface area contributed by atoms with Crippen molar-refractivity contribution in [3.8, 4) is 0 Å². The normalized spacial score (nSPS) is 11.1. The number of pyridine rings is 1. The summed E-state index contributed by atoms with van der Waals surface area (Å²) in [7, 11) is 3.95. The number of hydrogen-bond donors (Lipinski definition) is 1. The second-order valence-corrected chi connectivity index (χ2v) is 3.97. The van der Waals surface area contributed by atoms with E-state index in [1.54, 1.807) is 6.33 Å². The number of aromatic amines is 1. The number of para-hydroxylation sites is 1. The van der Waals surface area contributed by atoms with Crippen LogP contribution in [0.3, 0.4) is 0 Å². The lowest BCUT2D eigenvalue weighted by atomic mass is 10.2. The van der Waals surface area contributed by atoms with Crippen molar-refractivity contribution >= 4 is 27.8 Å². The van der Waals surface area contributed by atoms with Crippen molar-refractivity contribution in [1.29, 1.82) is 0 Å². The molecule has 1 aromatic carbocycles. The van der Waals surface area contributed by atoms with Crippen molar-refractivity contribution in [2.75, 3.05) is 19.0 Å². The quantitative estimate of drug-likeness (QED) is 0.672. The molecular formula is C12H12N4. The van der Waals surface area contributed by atoms with E-state index in [-0.39, 0.29) is 0 Å². The minimum Gasteiger partial charge on any atom is -0.361 e. The zero-order valence-corrected chi connectivity index (χ0v) is 9.23. The number of anilines is 1. The van der Waals surface area contributed by atoms with E-state index in [9.17, 15) is 0 Å². The molecule has 0 spiro atoms. The lowest BCUT2D eigenvalue weighted by Gasteiger charge is -2.12. The minimum atomic E-state index is 0.898. The zero-order valence-electron chi connectivity index (χ0n) is 9.23. The predicted octanol–water partition coefficient (Wildman–Crippen LogP) is 2.18. The predicted molar refractivity (Wildman–Crippen MR) is 65.7 cm³/mol. The summed E-state index contributed by atoms with van der Waals surface area (Å²) in [6.45, 7) is 0. The lowest BCUT2D eigenvalue weighted by Crippen LogP contribution is -2.11. The summed E-state index contributed by atoms with van der Waals surface area (Å²) in [6.07, 6.45) is 1.71. The van der Waals surface area contributed by atoms with Crippen LogP contribution in [0.4, 0.5) is 5.82 Å². The van der Waals surface area contributed by atoms with Gasteiger partial charge in [0.1, 0.15) is 5.52 Å². The van der Waals surface area contributed by atoms with Gasteiger partial charge in [0.05, 0.1) is 17.4 Å². The molecule has 4 nitrogen and oxygen atoms in total. The van der Waals surface area contributed by atoms with Gasteiger partial charge in [0.2, 0.25) is 0 Å². The Morgan fingerprint density at radius 1 is 1.19 bits per heavy atom. The van der Waals surface area contributed by atoms with Crippen molar-refractivity contribution in [2.24, 2.45) is 0 Å². The molecule has 0 amide bonds. The van der Waals surface area contributed by atoms with Crippen LogP contribution >= 0.6 is 0 Å². The second-order valence-electron chi connectivity index (χ2n) is 3.97. The molecule has 0 saturated carbocycles. The fraction of sp³-hybridized carbons (Fsp3) is 0.167. The summed E-state index contributed by atoms with van der Waals surface area (Å²) in [5.74, 6) is 0.898. The molecule has 0 aliphatic rings. The molecule has 3 rings (SSSR count). The Kier molecular flexibility index (Phi) is 1.83. The van der Waals surface area contributed by atoms with Crippen molar-refractivity contribution < 1.29 is 0 Å². The van der Waals surface area contributed by atoms with Crippen LogP contribution in [0.1, 0.15) is 0 Å². The third-order valence-electron chi connectivity index (χ3n) is 2.67. The Bertz CT molecular complexity index is 654. The maximum atomic E-state index is 4.62. The van der Waals surface area contributed by atoms with Gasteiger partial charge in [-0.05, 0) is 6.07 Å². The SMILES string of the molecule is CN(C)c1nc2ccccc2c2[nH]cnc12. The summed E-state index contributed by atoms with van der Waals surface area (Å²) >= 11 is 0. The van der Waals surface area contributed by atoms with Gasteiger partial charge in [-0.15, -0.1) is 0 Å². The van der Waals surface area contributed by atoms with Gasteiger partial charge in [0.25, 0.3) is 0 Å². The molecule has 0 unspecified atom stereocenters. The maximum absolute atomic E-state index is 4.62. The number of rotatable bonds is 1. The molecule has 4 heteroatoms. The summed E-state index contributed by atoms with van der Waals surface area (Å²) in [6, 6.07) is 8.08. The van der Waals surface area contributed by atoms with E-state index in [2.05, 4.69) is 21.0 Å². The number of fused-ring (bicyclic) bond motifs is 3. The van der Waals surface area contributed by atoms with Crippen molar-refractivity contribution in [3.05, 3.63) is 30.6 Å². The molecule has 0 atom stereocenters. The van der Waals surface area contributed by atoms with Gasteiger partial charge in [-0.25, -0.2) is 9.97 Å². The molecule has 0 fully saturated rings. The fourth-order valence-electron chi connectivity index (χ4n) is 1.93. The molecule has 2 heterocycles. The first-order chi connectivity index (χ1) is 7.77. The molecule has 80 valence electrons. The average molecular weight is 212 g/mol. The van der Waals surface area contributed by atoms with Gasteiger partial charge in [-0.3, -0.25) is 0 Å². The molecule has 2 aromatic heterocycles. The van der Waals surface area contributed by atoms with Crippen LogP contribution in [-0.2, 0) is 0 Å². The Morgan fingerprint density at radius 2 is 2.00 bits per heavy atom. The van der Waals surface area contributed by atoms with Crippen LogP contribution in [0.2, 0.25) is 0 Å².